The summed E-state index contributed by atoms with van der Waals surface area (Å²) in [6.45, 7) is -0.187. The molecule has 8 heteroatoms. The van der Waals surface area contributed by atoms with Gasteiger partial charge in [0.15, 0.2) is 0 Å². The third kappa shape index (κ3) is 5.82. The van der Waals surface area contributed by atoms with E-state index in [4.69, 9.17) is 0 Å². The molecule has 1 aliphatic rings. The maximum absolute atomic E-state index is 12.6. The van der Waals surface area contributed by atoms with Crippen LogP contribution in [-0.4, -0.2) is 29.5 Å². The number of anilines is 1. The standard InChI is InChI=1S/C16H20F3N3O2/c17-16(18,19)12-6-4-11(5-7-12)9-14(23)21-10-15(24)22-13-3-1-2-8-20-13/h1-3,8,11-12H,4-7,9-10H2,(H,21,23)(H,20,22,24). The molecule has 24 heavy (non-hydrogen) atoms. The number of pyridine rings is 1. The highest BCUT2D eigenvalue weighted by Crippen LogP contribution is 2.40. The lowest BCUT2D eigenvalue weighted by Crippen LogP contribution is -2.35. The highest BCUT2D eigenvalue weighted by Gasteiger charge is 2.41. The van der Waals surface area contributed by atoms with E-state index in [1.165, 1.54) is 6.20 Å². The fourth-order valence-electron chi connectivity index (χ4n) is 2.83. The van der Waals surface area contributed by atoms with Crippen LogP contribution in [0.3, 0.4) is 0 Å². The van der Waals surface area contributed by atoms with Crippen LogP contribution in [0.25, 0.3) is 0 Å². The van der Waals surface area contributed by atoms with Crippen LogP contribution in [0, 0.1) is 11.8 Å². The largest absolute Gasteiger partial charge is 0.391 e. The third-order valence-electron chi connectivity index (χ3n) is 4.16. The van der Waals surface area contributed by atoms with Gasteiger partial charge in [-0.1, -0.05) is 6.07 Å². The number of carbonyl (C=O) groups is 2. The summed E-state index contributed by atoms with van der Waals surface area (Å²) >= 11 is 0. The second-order valence-electron chi connectivity index (χ2n) is 6.00. The number of halogens is 3. The molecular formula is C16H20F3N3O2. The van der Waals surface area contributed by atoms with Crippen molar-refractivity contribution in [2.24, 2.45) is 11.8 Å². The minimum atomic E-state index is -4.14. The number of hydrogen-bond donors (Lipinski definition) is 2. The Morgan fingerprint density at radius 2 is 1.83 bits per heavy atom. The first kappa shape index (κ1) is 18.2. The summed E-state index contributed by atoms with van der Waals surface area (Å²) in [5.74, 6) is -1.63. The van der Waals surface area contributed by atoms with Crippen molar-refractivity contribution in [2.45, 2.75) is 38.3 Å². The summed E-state index contributed by atoms with van der Waals surface area (Å²) in [7, 11) is 0. The Hall–Kier alpha value is -2.12. The first-order chi connectivity index (χ1) is 11.3. The molecule has 0 atom stereocenters. The van der Waals surface area contributed by atoms with Crippen molar-refractivity contribution < 1.29 is 22.8 Å². The van der Waals surface area contributed by atoms with Gasteiger partial charge >= 0.3 is 6.18 Å². The van der Waals surface area contributed by atoms with E-state index in [2.05, 4.69) is 15.6 Å². The van der Waals surface area contributed by atoms with Crippen molar-refractivity contribution in [3.8, 4) is 0 Å². The van der Waals surface area contributed by atoms with Crippen molar-refractivity contribution in [1.29, 1.82) is 0 Å². The minimum absolute atomic E-state index is 0.0533. The van der Waals surface area contributed by atoms with Gasteiger partial charge in [0.2, 0.25) is 11.8 Å². The summed E-state index contributed by atoms with van der Waals surface area (Å²) in [6, 6.07) is 5.06. The highest BCUT2D eigenvalue weighted by atomic mass is 19.4. The van der Waals surface area contributed by atoms with E-state index in [0.29, 0.717) is 18.7 Å². The van der Waals surface area contributed by atoms with Crippen LogP contribution in [0.1, 0.15) is 32.1 Å². The van der Waals surface area contributed by atoms with Crippen LogP contribution >= 0.6 is 0 Å². The van der Waals surface area contributed by atoms with Gasteiger partial charge in [-0.2, -0.15) is 13.2 Å². The summed E-state index contributed by atoms with van der Waals surface area (Å²) in [6.07, 6.45) is -1.54. The second kappa shape index (κ2) is 8.12. The Morgan fingerprint density at radius 3 is 2.42 bits per heavy atom. The molecule has 0 bridgehead atoms. The third-order valence-corrected chi connectivity index (χ3v) is 4.16. The molecule has 2 rings (SSSR count). The Kier molecular flexibility index (Phi) is 6.16. The van der Waals surface area contributed by atoms with Gasteiger partial charge in [-0.15, -0.1) is 0 Å². The number of aromatic nitrogens is 1. The number of carbonyl (C=O) groups excluding carboxylic acids is 2. The Bertz CT molecular complexity index is 555. The molecule has 0 aromatic carbocycles. The molecule has 1 heterocycles. The number of nitrogens with one attached hydrogen (secondary N) is 2. The molecule has 5 nitrogen and oxygen atoms in total. The van der Waals surface area contributed by atoms with E-state index in [0.717, 1.165) is 0 Å². The fraction of sp³-hybridized carbons (Fsp3) is 0.562. The molecule has 1 saturated carbocycles. The molecular weight excluding hydrogens is 323 g/mol. The number of nitrogens with zero attached hydrogens (tertiary/aromatic N) is 1. The lowest BCUT2D eigenvalue weighted by Gasteiger charge is -2.29. The van der Waals surface area contributed by atoms with Gasteiger partial charge in [-0.3, -0.25) is 9.59 Å². The number of amides is 2. The zero-order valence-electron chi connectivity index (χ0n) is 13.1. The molecule has 0 radical (unpaired) electrons. The fourth-order valence-corrected chi connectivity index (χ4v) is 2.83. The molecule has 2 amide bonds. The quantitative estimate of drug-likeness (QED) is 0.864. The average Bonchev–Trinajstić information content (AvgIpc) is 2.53. The summed E-state index contributed by atoms with van der Waals surface area (Å²) in [4.78, 5) is 27.4. The first-order valence-electron chi connectivity index (χ1n) is 7.89. The lowest BCUT2D eigenvalue weighted by atomic mass is 9.80. The van der Waals surface area contributed by atoms with Gasteiger partial charge in [0.05, 0.1) is 12.5 Å². The normalized spacial score (nSPS) is 21.1. The van der Waals surface area contributed by atoms with Gasteiger partial charge in [0.25, 0.3) is 0 Å². The van der Waals surface area contributed by atoms with Crippen molar-refractivity contribution >= 4 is 17.6 Å². The predicted octanol–water partition coefficient (Wildman–Crippen LogP) is 2.90. The van der Waals surface area contributed by atoms with E-state index in [9.17, 15) is 22.8 Å². The van der Waals surface area contributed by atoms with Crippen LogP contribution in [0.2, 0.25) is 0 Å². The molecule has 0 saturated heterocycles. The first-order valence-corrected chi connectivity index (χ1v) is 7.89. The van der Waals surface area contributed by atoms with Crippen LogP contribution in [0.5, 0.6) is 0 Å². The second-order valence-corrected chi connectivity index (χ2v) is 6.00. The monoisotopic (exact) mass is 343 g/mol. The zero-order valence-corrected chi connectivity index (χ0v) is 13.1. The Balaban J connectivity index is 1.66. The molecule has 132 valence electrons. The van der Waals surface area contributed by atoms with E-state index < -0.39 is 18.0 Å². The number of rotatable bonds is 5. The maximum atomic E-state index is 12.6. The molecule has 0 aliphatic heterocycles. The molecule has 0 spiro atoms. The predicted molar refractivity (Wildman–Crippen MR) is 82.0 cm³/mol. The van der Waals surface area contributed by atoms with Crippen molar-refractivity contribution in [1.82, 2.24) is 10.3 Å². The summed E-state index contributed by atoms with van der Waals surface area (Å²) in [5.41, 5.74) is 0. The van der Waals surface area contributed by atoms with E-state index in [1.807, 2.05) is 0 Å². The van der Waals surface area contributed by atoms with Gasteiger partial charge in [-0.05, 0) is 43.7 Å². The van der Waals surface area contributed by atoms with Crippen molar-refractivity contribution in [3.05, 3.63) is 24.4 Å². The van der Waals surface area contributed by atoms with Crippen molar-refractivity contribution in [2.75, 3.05) is 11.9 Å². The Morgan fingerprint density at radius 1 is 1.12 bits per heavy atom. The number of alkyl halides is 3. The summed E-state index contributed by atoms with van der Waals surface area (Å²) < 4.78 is 37.8. The topological polar surface area (TPSA) is 71.1 Å². The van der Waals surface area contributed by atoms with E-state index in [1.54, 1.807) is 18.2 Å². The summed E-state index contributed by atoms with van der Waals surface area (Å²) in [5, 5.41) is 5.02. The molecule has 1 aromatic rings. The molecule has 1 aliphatic carbocycles. The Labute approximate surface area is 138 Å². The van der Waals surface area contributed by atoms with E-state index in [-0.39, 0.29) is 37.6 Å². The number of hydrogen-bond acceptors (Lipinski definition) is 3. The zero-order chi connectivity index (χ0) is 17.6. The van der Waals surface area contributed by atoms with Crippen LogP contribution < -0.4 is 10.6 Å². The highest BCUT2D eigenvalue weighted by molar-refractivity contribution is 5.93. The smallest absolute Gasteiger partial charge is 0.347 e. The SMILES string of the molecule is O=C(CC1CCC(C(F)(F)F)CC1)NCC(=O)Nc1ccccn1. The van der Waals surface area contributed by atoms with Gasteiger partial charge in [0, 0.05) is 12.6 Å². The van der Waals surface area contributed by atoms with Gasteiger partial charge in [0.1, 0.15) is 5.82 Å². The molecule has 0 unspecified atom stereocenters. The van der Waals surface area contributed by atoms with Crippen LogP contribution in [0.15, 0.2) is 24.4 Å². The van der Waals surface area contributed by atoms with Crippen LogP contribution in [-0.2, 0) is 9.59 Å². The molecule has 2 N–H and O–H groups in total. The van der Waals surface area contributed by atoms with Crippen LogP contribution in [0.4, 0.5) is 19.0 Å². The maximum Gasteiger partial charge on any atom is 0.391 e. The molecule has 1 aromatic heterocycles. The van der Waals surface area contributed by atoms with E-state index >= 15 is 0 Å². The van der Waals surface area contributed by atoms with Gasteiger partial charge in [-0.25, -0.2) is 4.98 Å². The molecule has 1 fully saturated rings. The minimum Gasteiger partial charge on any atom is -0.347 e. The van der Waals surface area contributed by atoms with Gasteiger partial charge < -0.3 is 10.6 Å². The average molecular weight is 343 g/mol. The lowest BCUT2D eigenvalue weighted by molar-refractivity contribution is -0.184. The van der Waals surface area contributed by atoms with Crippen molar-refractivity contribution in [3.63, 3.8) is 0 Å².